The van der Waals surface area contributed by atoms with Crippen LogP contribution in [0.5, 0.6) is 0 Å². The third-order valence-corrected chi connectivity index (χ3v) is 2.45. The van der Waals surface area contributed by atoms with E-state index in [0.29, 0.717) is 0 Å². The summed E-state index contributed by atoms with van der Waals surface area (Å²) in [5, 5.41) is 1.44. The Morgan fingerprint density at radius 1 is 1.33 bits per heavy atom. The molecule has 0 saturated heterocycles. The van der Waals surface area contributed by atoms with Gasteiger partial charge in [-0.2, -0.15) is 0 Å². The molecule has 0 aromatic rings. The molecule has 0 spiro atoms. The smallest absolute Gasteiger partial charge is 0.106 e. The van der Waals surface area contributed by atoms with E-state index >= 15 is 0 Å². The van der Waals surface area contributed by atoms with Gasteiger partial charge in [0.25, 0.3) is 14.1 Å². The SMILES string of the molecule is C[CH2][Al]([CH3])[CH3].[Ar]. The third kappa shape index (κ3) is 9.25. The largest absolute Gasteiger partial charge is 0.254 e. The molecule has 0 radical (unpaired) electrons. The van der Waals surface area contributed by atoms with Crippen molar-refractivity contribution in [3.05, 3.63) is 0 Å². The first-order valence-corrected chi connectivity index (χ1v) is 5.40. The van der Waals surface area contributed by atoms with Gasteiger partial charge < -0.3 is 0 Å². The second-order valence-corrected chi connectivity index (χ2v) is 5.41. The van der Waals surface area contributed by atoms with Crippen LogP contribution in [-0.2, 0) is 0 Å². The number of hydrogen-bond donors (Lipinski definition) is 0. The maximum absolute atomic E-state index is 2.36. The summed E-state index contributed by atoms with van der Waals surface area (Å²) in [6.45, 7) is 2.26. The molecule has 0 amide bonds. The second kappa shape index (κ2) is 6.79. The van der Waals surface area contributed by atoms with Crippen LogP contribution >= 0.6 is 0 Å². The average Bonchev–Trinajstić information content (AvgIpc) is 1.38. The topological polar surface area (TPSA) is 0 Å². The van der Waals surface area contributed by atoms with Gasteiger partial charge >= 0.3 is 0 Å². The summed E-state index contributed by atoms with van der Waals surface area (Å²) < 4.78 is 0. The van der Waals surface area contributed by atoms with Crippen LogP contribution in [0.1, 0.15) is 6.92 Å². The maximum atomic E-state index is 2.36. The molecule has 0 fully saturated rings. The zero-order chi connectivity index (χ0) is 4.28. The molecule has 38 valence electrons. The maximum Gasteiger partial charge on any atom is 0.254 e. The van der Waals surface area contributed by atoms with Crippen LogP contribution in [0.2, 0.25) is 16.9 Å². The van der Waals surface area contributed by atoms with Gasteiger partial charge in [-0.3, -0.25) is 0 Å². The molecule has 0 aliphatic rings. The van der Waals surface area contributed by atoms with Crippen LogP contribution < -0.4 is 0 Å². The summed E-state index contributed by atoms with van der Waals surface area (Å²) in [7, 11) is 0. The van der Waals surface area contributed by atoms with Gasteiger partial charge in [0.2, 0.25) is 0 Å². The van der Waals surface area contributed by atoms with Crippen molar-refractivity contribution in [2.45, 2.75) is 23.8 Å². The Kier molecular flexibility index (Phi) is 12.1. The second-order valence-electron chi connectivity index (χ2n) is 1.80. The van der Waals surface area contributed by atoms with E-state index in [9.17, 15) is 0 Å². The van der Waals surface area contributed by atoms with E-state index in [0.717, 1.165) is 0 Å². The fraction of sp³-hybridized carbons (Fsp3) is 1.00. The van der Waals surface area contributed by atoms with E-state index in [4.69, 9.17) is 0 Å². The molecule has 0 unspecified atom stereocenters. The summed E-state index contributed by atoms with van der Waals surface area (Å²) in [6.07, 6.45) is 0. The van der Waals surface area contributed by atoms with E-state index in [1.54, 1.807) is 0 Å². The van der Waals surface area contributed by atoms with Gasteiger partial charge in [-0.25, -0.2) is 0 Å². The Morgan fingerprint density at radius 2 is 1.50 bits per heavy atom. The number of rotatable bonds is 1. The quantitative estimate of drug-likeness (QED) is 0.469. The Hall–Kier alpha value is 1.79. The molecule has 0 aromatic heterocycles. The zero-order valence-corrected chi connectivity index (χ0v) is 6.50. The van der Waals surface area contributed by atoms with E-state index in [2.05, 4.69) is 18.5 Å². The molecule has 6 heavy (non-hydrogen) atoms. The molecule has 0 saturated carbocycles. The van der Waals surface area contributed by atoms with Crippen LogP contribution in [-0.4, -0.2) is 14.1 Å². The van der Waals surface area contributed by atoms with Crippen molar-refractivity contribution >= 4 is 14.1 Å². The van der Waals surface area contributed by atoms with E-state index in [1.807, 2.05) is 0 Å². The molecule has 0 nitrogen and oxygen atoms in total. The molecule has 0 bridgehead atoms. The fourth-order valence-corrected chi connectivity index (χ4v) is 0. The van der Waals surface area contributed by atoms with E-state index in [1.165, 1.54) is 5.28 Å². The Morgan fingerprint density at radius 3 is 1.50 bits per heavy atom. The van der Waals surface area contributed by atoms with Crippen molar-refractivity contribution in [2.24, 2.45) is 0 Å². The van der Waals surface area contributed by atoms with Crippen molar-refractivity contribution < 1.29 is 37.7 Å². The first-order chi connectivity index (χ1) is 2.27. The van der Waals surface area contributed by atoms with Gasteiger partial charge in [0.15, 0.2) is 0 Å². The van der Waals surface area contributed by atoms with Crippen molar-refractivity contribution in [1.82, 2.24) is 0 Å². The van der Waals surface area contributed by atoms with Gasteiger partial charge in [0.1, 0.15) is 0 Å². The zero-order valence-electron chi connectivity index (χ0n) is 4.64. The van der Waals surface area contributed by atoms with Crippen LogP contribution in [0.4, 0.5) is 0 Å². The van der Waals surface area contributed by atoms with E-state index < -0.39 is 0 Å². The summed E-state index contributed by atoms with van der Waals surface area (Å²) in [5.74, 6) is 4.72. The third-order valence-electron chi connectivity index (χ3n) is 0.816. The molecule has 0 heterocycles. The van der Waals surface area contributed by atoms with Crippen molar-refractivity contribution in [3.8, 4) is 0 Å². The van der Waals surface area contributed by atoms with Gasteiger partial charge in [0.05, 0.1) is 0 Å². The van der Waals surface area contributed by atoms with Crippen molar-refractivity contribution in [1.29, 1.82) is 0 Å². The average molecular weight is 126 g/mol. The fourth-order valence-electron chi connectivity index (χ4n) is 0. The van der Waals surface area contributed by atoms with Crippen LogP contribution in [0.25, 0.3) is 0 Å². The Balaban J connectivity index is 0. The predicted molar refractivity (Wildman–Crippen MR) is 28.0 cm³/mol. The summed E-state index contributed by atoms with van der Waals surface area (Å²) in [4.78, 5) is 0. The van der Waals surface area contributed by atoms with Crippen LogP contribution in [0.15, 0.2) is 0 Å². The van der Waals surface area contributed by atoms with Crippen molar-refractivity contribution in [3.63, 3.8) is 0 Å². The standard InChI is InChI=1S/C2H5.2CH3.Al.Ar/c1-2;;;;/h1H2,2H3;2*1H3;;. The predicted octanol–water partition coefficient (Wildman–Crippen LogP) is 1.76. The normalized spacial score (nSPS) is 6.50. The van der Waals surface area contributed by atoms with Crippen LogP contribution in [0, 0.1) is 37.7 Å². The minimum absolute atomic E-state index is 0. The molecule has 0 rings (SSSR count). The molecule has 0 aliphatic carbocycles. The summed E-state index contributed by atoms with van der Waals surface area (Å²) >= 11 is -0.150. The van der Waals surface area contributed by atoms with Gasteiger partial charge in [-0.05, 0) is 0 Å². The molecular weight excluding hydrogens is 115 g/mol. The number of hydrogen-bond acceptors (Lipinski definition) is 0. The molecule has 0 atom stereocenters. The summed E-state index contributed by atoms with van der Waals surface area (Å²) in [6, 6.07) is 0. The molecule has 0 aliphatic heterocycles. The van der Waals surface area contributed by atoms with Gasteiger partial charge in [0, 0.05) is 37.7 Å². The van der Waals surface area contributed by atoms with Gasteiger partial charge in [-0.1, -0.05) is 12.2 Å². The van der Waals surface area contributed by atoms with Crippen molar-refractivity contribution in [2.75, 3.05) is 0 Å². The Bertz CT molecular complexity index is 21.5. The molecule has 2 heteroatoms. The van der Waals surface area contributed by atoms with Gasteiger partial charge in [-0.15, -0.1) is 11.6 Å². The first kappa shape index (κ1) is 10.7. The Labute approximate surface area is 74.7 Å². The monoisotopic (exact) mass is 126 g/mol. The first-order valence-electron chi connectivity index (χ1n) is 2.27. The summed E-state index contributed by atoms with van der Waals surface area (Å²) in [5.41, 5.74) is 0. The molecule has 0 aromatic carbocycles. The molecular formula is C4H11AlAr. The minimum atomic E-state index is -0.150. The molecule has 0 N–H and O–H groups in total. The van der Waals surface area contributed by atoms with E-state index in [-0.39, 0.29) is 51.9 Å². The minimum Gasteiger partial charge on any atom is -0.106 e. The van der Waals surface area contributed by atoms with Crippen LogP contribution in [0.3, 0.4) is 0 Å².